The van der Waals surface area contributed by atoms with Crippen molar-refractivity contribution in [2.45, 2.75) is 51.5 Å². The summed E-state index contributed by atoms with van der Waals surface area (Å²) in [6.07, 6.45) is 6.06. The fourth-order valence-corrected chi connectivity index (χ4v) is 3.73. The highest BCUT2D eigenvalue weighted by atomic mass is 16.5. The number of rotatable bonds is 5. The molecule has 1 saturated carbocycles. The number of hydrogen-bond acceptors (Lipinski definition) is 3. The summed E-state index contributed by atoms with van der Waals surface area (Å²) in [6, 6.07) is 7.92. The van der Waals surface area contributed by atoms with Crippen LogP contribution >= 0.6 is 0 Å². The first-order chi connectivity index (χ1) is 12.1. The molecule has 1 heterocycles. The lowest BCUT2D eigenvalue weighted by atomic mass is 10.0. The molecular weight excluding hydrogens is 316 g/mol. The molecule has 0 bridgehead atoms. The number of likely N-dealkylation sites (tertiary alicyclic amines) is 1. The normalized spacial score (nSPS) is 19.0. The Morgan fingerprint density at radius 2 is 1.80 bits per heavy atom. The number of piperidine rings is 1. The first-order valence-corrected chi connectivity index (χ1v) is 9.40. The van der Waals surface area contributed by atoms with Gasteiger partial charge in [0.15, 0.2) is 6.61 Å². The summed E-state index contributed by atoms with van der Waals surface area (Å²) in [6.45, 7) is 3.42. The number of carbonyl (C=O) groups excluding carboxylic acids is 2. The van der Waals surface area contributed by atoms with Crippen molar-refractivity contribution in [2.24, 2.45) is 5.92 Å². The molecular formula is C20H28N2O3. The fourth-order valence-electron chi connectivity index (χ4n) is 3.73. The molecule has 0 atom stereocenters. The average Bonchev–Trinajstić information content (AvgIpc) is 3.16. The Balaban J connectivity index is 1.40. The highest BCUT2D eigenvalue weighted by molar-refractivity contribution is 5.79. The van der Waals surface area contributed by atoms with E-state index >= 15 is 0 Å². The first-order valence-electron chi connectivity index (χ1n) is 9.40. The summed E-state index contributed by atoms with van der Waals surface area (Å²) in [7, 11) is 0. The van der Waals surface area contributed by atoms with E-state index in [2.05, 4.69) is 5.32 Å². The van der Waals surface area contributed by atoms with E-state index in [1.165, 1.54) is 12.8 Å². The molecule has 25 heavy (non-hydrogen) atoms. The van der Waals surface area contributed by atoms with Gasteiger partial charge in [-0.3, -0.25) is 9.59 Å². The monoisotopic (exact) mass is 344 g/mol. The third-order valence-electron chi connectivity index (χ3n) is 5.36. The molecule has 136 valence electrons. The van der Waals surface area contributed by atoms with Crippen molar-refractivity contribution in [1.82, 2.24) is 10.2 Å². The number of ether oxygens (including phenoxy) is 1. The van der Waals surface area contributed by atoms with Gasteiger partial charge < -0.3 is 15.0 Å². The van der Waals surface area contributed by atoms with Gasteiger partial charge in [-0.1, -0.05) is 31.0 Å². The average molecular weight is 344 g/mol. The van der Waals surface area contributed by atoms with Crippen molar-refractivity contribution < 1.29 is 14.3 Å². The molecule has 2 amide bonds. The Hall–Kier alpha value is -2.04. The standard InChI is InChI=1S/C20H28N2O3/c1-15-6-2-5-9-18(15)25-14-19(23)22-12-10-17(11-13-22)21-20(24)16-7-3-4-8-16/h2,5-6,9,16-17H,3-4,7-8,10-14H2,1H3,(H,21,24). The van der Waals surface area contributed by atoms with Crippen LogP contribution in [0, 0.1) is 12.8 Å². The van der Waals surface area contributed by atoms with Gasteiger partial charge in [0.05, 0.1) is 0 Å². The van der Waals surface area contributed by atoms with Gasteiger partial charge in [-0.15, -0.1) is 0 Å². The highest BCUT2D eigenvalue weighted by Crippen LogP contribution is 2.25. The molecule has 1 aromatic rings. The molecule has 3 rings (SSSR count). The molecule has 1 aromatic carbocycles. The van der Waals surface area contributed by atoms with Crippen LogP contribution in [0.1, 0.15) is 44.1 Å². The molecule has 5 heteroatoms. The number of carbonyl (C=O) groups is 2. The van der Waals surface area contributed by atoms with Crippen LogP contribution < -0.4 is 10.1 Å². The van der Waals surface area contributed by atoms with E-state index in [0.717, 1.165) is 37.0 Å². The van der Waals surface area contributed by atoms with Crippen molar-refractivity contribution in [3.63, 3.8) is 0 Å². The summed E-state index contributed by atoms with van der Waals surface area (Å²) in [5.41, 5.74) is 1.03. The van der Waals surface area contributed by atoms with E-state index in [1.54, 1.807) is 0 Å². The van der Waals surface area contributed by atoms with Gasteiger partial charge in [0, 0.05) is 25.0 Å². The zero-order valence-corrected chi connectivity index (χ0v) is 15.0. The second-order valence-electron chi connectivity index (χ2n) is 7.20. The lowest BCUT2D eigenvalue weighted by Crippen LogP contribution is -2.48. The Morgan fingerprint density at radius 3 is 2.48 bits per heavy atom. The number of para-hydroxylation sites is 1. The maximum Gasteiger partial charge on any atom is 0.260 e. The van der Waals surface area contributed by atoms with Gasteiger partial charge in [0.25, 0.3) is 5.91 Å². The number of amides is 2. The summed E-state index contributed by atoms with van der Waals surface area (Å²) < 4.78 is 5.65. The van der Waals surface area contributed by atoms with Crippen LogP contribution in [-0.4, -0.2) is 42.5 Å². The predicted octanol–water partition coefficient (Wildman–Crippen LogP) is 2.67. The van der Waals surface area contributed by atoms with E-state index in [9.17, 15) is 9.59 Å². The molecule has 5 nitrogen and oxygen atoms in total. The Morgan fingerprint density at radius 1 is 1.12 bits per heavy atom. The SMILES string of the molecule is Cc1ccccc1OCC(=O)N1CCC(NC(=O)C2CCCC2)CC1. The van der Waals surface area contributed by atoms with Gasteiger partial charge in [-0.2, -0.15) is 0 Å². The zero-order valence-electron chi connectivity index (χ0n) is 15.0. The molecule has 2 aliphatic rings. The molecule has 0 aromatic heterocycles. The van der Waals surface area contributed by atoms with Crippen molar-refractivity contribution >= 4 is 11.8 Å². The van der Waals surface area contributed by atoms with E-state index in [4.69, 9.17) is 4.74 Å². The second kappa shape index (κ2) is 8.37. The van der Waals surface area contributed by atoms with E-state index in [-0.39, 0.29) is 30.4 Å². The third-order valence-corrected chi connectivity index (χ3v) is 5.36. The van der Waals surface area contributed by atoms with Crippen LogP contribution in [0.2, 0.25) is 0 Å². The van der Waals surface area contributed by atoms with Crippen molar-refractivity contribution in [3.8, 4) is 5.75 Å². The number of benzene rings is 1. The predicted molar refractivity (Wildman–Crippen MR) is 96.4 cm³/mol. The van der Waals surface area contributed by atoms with Gasteiger partial charge >= 0.3 is 0 Å². The van der Waals surface area contributed by atoms with Crippen LogP contribution in [0.4, 0.5) is 0 Å². The first kappa shape index (κ1) is 17.8. The smallest absolute Gasteiger partial charge is 0.260 e. The lowest BCUT2D eigenvalue weighted by Gasteiger charge is -2.33. The number of nitrogens with zero attached hydrogens (tertiary/aromatic N) is 1. The summed E-state index contributed by atoms with van der Waals surface area (Å²) in [5.74, 6) is 1.20. The summed E-state index contributed by atoms with van der Waals surface area (Å²) >= 11 is 0. The summed E-state index contributed by atoms with van der Waals surface area (Å²) in [4.78, 5) is 26.4. The van der Waals surface area contributed by atoms with Crippen LogP contribution in [0.5, 0.6) is 5.75 Å². The molecule has 0 spiro atoms. The minimum atomic E-state index is 0.0174. The Kier molecular flexibility index (Phi) is 5.95. The minimum Gasteiger partial charge on any atom is -0.484 e. The number of hydrogen-bond donors (Lipinski definition) is 1. The molecule has 1 N–H and O–H groups in total. The van der Waals surface area contributed by atoms with Crippen LogP contribution in [-0.2, 0) is 9.59 Å². The lowest BCUT2D eigenvalue weighted by molar-refractivity contribution is -0.134. The molecule has 0 radical (unpaired) electrons. The van der Waals surface area contributed by atoms with Gasteiger partial charge in [-0.05, 0) is 44.2 Å². The minimum absolute atomic E-state index is 0.0174. The van der Waals surface area contributed by atoms with Crippen molar-refractivity contribution in [1.29, 1.82) is 0 Å². The zero-order chi connectivity index (χ0) is 17.6. The summed E-state index contributed by atoms with van der Waals surface area (Å²) in [5, 5.41) is 3.18. The van der Waals surface area contributed by atoms with Gasteiger partial charge in [0.1, 0.15) is 5.75 Å². The molecule has 0 unspecified atom stereocenters. The Bertz CT molecular complexity index is 603. The van der Waals surface area contributed by atoms with Crippen molar-refractivity contribution in [2.75, 3.05) is 19.7 Å². The number of nitrogens with one attached hydrogen (secondary N) is 1. The van der Waals surface area contributed by atoms with E-state index in [0.29, 0.717) is 13.1 Å². The molecule has 1 aliphatic carbocycles. The highest BCUT2D eigenvalue weighted by Gasteiger charge is 2.28. The second-order valence-corrected chi connectivity index (χ2v) is 7.20. The van der Waals surface area contributed by atoms with Crippen LogP contribution in [0.25, 0.3) is 0 Å². The largest absolute Gasteiger partial charge is 0.484 e. The van der Waals surface area contributed by atoms with Crippen LogP contribution in [0.3, 0.4) is 0 Å². The fraction of sp³-hybridized carbons (Fsp3) is 0.600. The number of aryl methyl sites for hydroxylation is 1. The Labute approximate surface area is 149 Å². The van der Waals surface area contributed by atoms with E-state index < -0.39 is 0 Å². The molecule has 1 aliphatic heterocycles. The van der Waals surface area contributed by atoms with Gasteiger partial charge in [-0.25, -0.2) is 0 Å². The van der Waals surface area contributed by atoms with Gasteiger partial charge in [0.2, 0.25) is 5.91 Å². The quantitative estimate of drug-likeness (QED) is 0.893. The molecule has 2 fully saturated rings. The van der Waals surface area contributed by atoms with E-state index in [1.807, 2.05) is 36.1 Å². The topological polar surface area (TPSA) is 58.6 Å². The maximum absolute atomic E-state index is 12.3. The maximum atomic E-state index is 12.3. The van der Waals surface area contributed by atoms with Crippen molar-refractivity contribution in [3.05, 3.63) is 29.8 Å². The third kappa shape index (κ3) is 4.74. The molecule has 1 saturated heterocycles. The van der Waals surface area contributed by atoms with Crippen LogP contribution in [0.15, 0.2) is 24.3 Å².